The van der Waals surface area contributed by atoms with E-state index in [0.29, 0.717) is 17.0 Å². The summed E-state index contributed by atoms with van der Waals surface area (Å²) >= 11 is 6.35. The van der Waals surface area contributed by atoms with Crippen LogP contribution < -0.4 is 14.4 Å². The molecule has 0 spiro atoms. The van der Waals surface area contributed by atoms with Crippen molar-refractivity contribution in [3.05, 3.63) is 63.0 Å². The van der Waals surface area contributed by atoms with E-state index >= 15 is 0 Å². The zero-order valence-corrected chi connectivity index (χ0v) is 17.1. The summed E-state index contributed by atoms with van der Waals surface area (Å²) in [5, 5.41) is 19.7. The Labute approximate surface area is 180 Å². The number of rotatable bonds is 7. The lowest BCUT2D eigenvalue weighted by Crippen LogP contribution is -2.27. The highest BCUT2D eigenvalue weighted by molar-refractivity contribution is 8.27. The number of anilines is 1. The number of carboxylic acid groups (broad SMARTS) is 1. The zero-order valence-electron chi connectivity index (χ0n) is 15.4. The lowest BCUT2D eigenvalue weighted by atomic mass is 10.1. The van der Waals surface area contributed by atoms with E-state index in [1.165, 1.54) is 42.4 Å². The second kappa shape index (κ2) is 8.93. The Morgan fingerprint density at radius 3 is 2.60 bits per heavy atom. The minimum Gasteiger partial charge on any atom is -0.493 e. The molecule has 1 aliphatic rings. The van der Waals surface area contributed by atoms with Gasteiger partial charge in [0.25, 0.3) is 11.6 Å². The molecule has 0 bridgehead atoms. The number of ether oxygens (including phenoxy) is 2. The van der Waals surface area contributed by atoms with Gasteiger partial charge in [0, 0.05) is 17.7 Å². The second-order valence-electron chi connectivity index (χ2n) is 5.85. The van der Waals surface area contributed by atoms with Crippen LogP contribution in [0.2, 0.25) is 0 Å². The molecule has 3 rings (SSSR count). The second-order valence-corrected chi connectivity index (χ2v) is 7.53. The summed E-state index contributed by atoms with van der Waals surface area (Å²) in [4.78, 5) is 35.7. The van der Waals surface area contributed by atoms with Gasteiger partial charge in [-0.2, -0.15) is 0 Å². The lowest BCUT2D eigenvalue weighted by molar-refractivity contribution is -0.384. The van der Waals surface area contributed by atoms with Crippen molar-refractivity contribution in [3.8, 4) is 11.5 Å². The van der Waals surface area contributed by atoms with Crippen molar-refractivity contribution in [2.45, 2.75) is 0 Å². The number of thiocarbonyl (C=S) groups is 1. The number of nitro benzene ring substituents is 1. The zero-order chi connectivity index (χ0) is 21.8. The molecule has 1 amide bonds. The quantitative estimate of drug-likeness (QED) is 0.295. The molecule has 154 valence electrons. The van der Waals surface area contributed by atoms with Crippen LogP contribution in [0.4, 0.5) is 11.4 Å². The third-order valence-corrected chi connectivity index (χ3v) is 5.27. The van der Waals surface area contributed by atoms with E-state index in [0.717, 1.165) is 11.8 Å². The third kappa shape index (κ3) is 4.42. The molecule has 1 aliphatic heterocycles. The Hall–Kier alpha value is -3.44. The number of carbonyl (C=O) groups excluding carboxylic acids is 1. The van der Waals surface area contributed by atoms with Crippen molar-refractivity contribution < 1.29 is 29.1 Å². The van der Waals surface area contributed by atoms with Gasteiger partial charge in [-0.25, -0.2) is 4.79 Å². The van der Waals surface area contributed by atoms with Crippen LogP contribution in [0.25, 0.3) is 6.08 Å². The molecule has 0 saturated carbocycles. The van der Waals surface area contributed by atoms with Crippen LogP contribution in [-0.2, 0) is 9.59 Å². The number of carboxylic acids is 1. The molecule has 0 aliphatic carbocycles. The number of amides is 1. The van der Waals surface area contributed by atoms with Crippen LogP contribution >= 0.6 is 24.0 Å². The molecule has 1 heterocycles. The van der Waals surface area contributed by atoms with Crippen molar-refractivity contribution >= 4 is 57.6 Å². The molecule has 11 heteroatoms. The fraction of sp³-hybridized carbons (Fsp3) is 0.105. The number of carbonyl (C=O) groups is 2. The van der Waals surface area contributed by atoms with Gasteiger partial charge in [-0.15, -0.1) is 0 Å². The summed E-state index contributed by atoms with van der Waals surface area (Å²) in [6, 6.07) is 10.4. The van der Waals surface area contributed by atoms with Crippen LogP contribution in [0.15, 0.2) is 47.4 Å². The maximum atomic E-state index is 12.9. The number of hydrogen-bond acceptors (Lipinski definition) is 8. The van der Waals surface area contributed by atoms with Crippen LogP contribution in [0, 0.1) is 10.1 Å². The maximum Gasteiger partial charge on any atom is 0.341 e. The molecule has 0 unspecified atom stereocenters. The highest BCUT2D eigenvalue weighted by Crippen LogP contribution is 2.39. The number of nitro groups is 1. The van der Waals surface area contributed by atoms with E-state index in [9.17, 15) is 19.7 Å². The van der Waals surface area contributed by atoms with Gasteiger partial charge >= 0.3 is 5.97 Å². The van der Waals surface area contributed by atoms with E-state index < -0.39 is 23.4 Å². The summed E-state index contributed by atoms with van der Waals surface area (Å²) < 4.78 is 10.8. The molecule has 1 fully saturated rings. The summed E-state index contributed by atoms with van der Waals surface area (Å²) in [6.45, 7) is -0.578. The van der Waals surface area contributed by atoms with Gasteiger partial charge in [-0.1, -0.05) is 36.1 Å². The predicted octanol–water partition coefficient (Wildman–Crippen LogP) is 3.47. The van der Waals surface area contributed by atoms with Crippen molar-refractivity contribution in [1.29, 1.82) is 0 Å². The number of thioether (sulfide) groups is 1. The summed E-state index contributed by atoms with van der Waals surface area (Å²) in [5.41, 5.74) is 0.746. The van der Waals surface area contributed by atoms with E-state index in [1.54, 1.807) is 18.2 Å². The van der Waals surface area contributed by atoms with Gasteiger partial charge in [0.05, 0.1) is 22.6 Å². The number of benzene rings is 2. The Morgan fingerprint density at radius 1 is 1.30 bits per heavy atom. The van der Waals surface area contributed by atoms with Gasteiger partial charge in [0.15, 0.2) is 22.4 Å². The third-order valence-electron chi connectivity index (χ3n) is 3.97. The average Bonchev–Trinajstić information content (AvgIpc) is 2.99. The first-order valence-corrected chi connectivity index (χ1v) is 9.58. The molecule has 1 saturated heterocycles. The van der Waals surface area contributed by atoms with E-state index in [1.807, 2.05) is 0 Å². The van der Waals surface area contributed by atoms with Crippen molar-refractivity contribution in [1.82, 2.24) is 0 Å². The van der Waals surface area contributed by atoms with Crippen molar-refractivity contribution in [2.75, 3.05) is 18.6 Å². The summed E-state index contributed by atoms with van der Waals surface area (Å²) in [6.07, 6.45) is 1.53. The monoisotopic (exact) mass is 446 g/mol. The number of non-ortho nitro benzene ring substituents is 1. The van der Waals surface area contributed by atoms with Crippen LogP contribution in [0.5, 0.6) is 11.5 Å². The molecule has 0 atom stereocenters. The number of methoxy groups -OCH3 is 1. The molecule has 2 aromatic carbocycles. The Morgan fingerprint density at radius 2 is 2.00 bits per heavy atom. The van der Waals surface area contributed by atoms with Gasteiger partial charge in [-0.05, 0) is 24.3 Å². The van der Waals surface area contributed by atoms with E-state index in [4.69, 9.17) is 26.8 Å². The topological polar surface area (TPSA) is 119 Å². The molecule has 0 aromatic heterocycles. The van der Waals surface area contributed by atoms with Gasteiger partial charge < -0.3 is 14.6 Å². The van der Waals surface area contributed by atoms with Crippen molar-refractivity contribution in [3.63, 3.8) is 0 Å². The average molecular weight is 446 g/mol. The molecular formula is C19H14N2O7S2. The molecule has 9 nitrogen and oxygen atoms in total. The first-order valence-electron chi connectivity index (χ1n) is 8.36. The van der Waals surface area contributed by atoms with E-state index in [2.05, 4.69) is 0 Å². The number of hydrogen-bond donors (Lipinski definition) is 1. The highest BCUT2D eigenvalue weighted by Gasteiger charge is 2.33. The fourth-order valence-corrected chi connectivity index (χ4v) is 3.94. The minimum atomic E-state index is -1.16. The summed E-state index contributed by atoms with van der Waals surface area (Å²) in [5.74, 6) is -1.07. The van der Waals surface area contributed by atoms with Crippen LogP contribution in [0.1, 0.15) is 5.56 Å². The smallest absolute Gasteiger partial charge is 0.341 e. The Bertz CT molecular complexity index is 1070. The van der Waals surface area contributed by atoms with Crippen molar-refractivity contribution in [2.24, 2.45) is 0 Å². The molecule has 30 heavy (non-hydrogen) atoms. The van der Waals surface area contributed by atoms with Gasteiger partial charge in [0.1, 0.15) is 0 Å². The molecule has 2 aromatic rings. The minimum absolute atomic E-state index is 0.101. The largest absolute Gasteiger partial charge is 0.493 e. The highest BCUT2D eigenvalue weighted by atomic mass is 32.2. The number of aliphatic carboxylic acids is 1. The van der Waals surface area contributed by atoms with Gasteiger partial charge in [0.2, 0.25) is 0 Å². The molecular weight excluding hydrogens is 432 g/mol. The first kappa shape index (κ1) is 21.3. The maximum absolute atomic E-state index is 12.9. The SMILES string of the molecule is COc1cccc(/C=C2\SC(=S)N(c3ccc([N+](=O)[O-])cc3)C2=O)c1OCC(=O)O. The lowest BCUT2D eigenvalue weighted by Gasteiger charge is -2.14. The van der Waals surface area contributed by atoms with E-state index in [-0.39, 0.29) is 20.7 Å². The predicted molar refractivity (Wildman–Crippen MR) is 115 cm³/mol. The normalized spacial score (nSPS) is 14.8. The number of para-hydroxylation sites is 1. The standard InChI is InChI=1S/C19H14N2O7S2/c1-27-14-4-2-3-11(17(14)28-10-16(22)23)9-15-18(24)20(19(29)30-15)12-5-7-13(8-6-12)21(25)26/h2-9H,10H2,1H3,(H,22,23)/b15-9-. The molecule has 1 N–H and O–H groups in total. The summed E-state index contributed by atoms with van der Waals surface area (Å²) in [7, 11) is 1.42. The Balaban J connectivity index is 1.94. The number of nitrogens with zero attached hydrogens (tertiary/aromatic N) is 2. The Kier molecular flexibility index (Phi) is 6.33. The van der Waals surface area contributed by atoms with Crippen LogP contribution in [-0.4, -0.2) is 39.9 Å². The van der Waals surface area contributed by atoms with Gasteiger partial charge in [-0.3, -0.25) is 19.8 Å². The first-order chi connectivity index (χ1) is 14.3. The fourth-order valence-electron chi connectivity index (χ4n) is 2.65. The molecule has 0 radical (unpaired) electrons. The van der Waals surface area contributed by atoms with Crippen LogP contribution in [0.3, 0.4) is 0 Å².